The van der Waals surface area contributed by atoms with Crippen molar-refractivity contribution in [3.8, 4) is 0 Å². The van der Waals surface area contributed by atoms with Crippen LogP contribution in [-0.4, -0.2) is 28.0 Å². The van der Waals surface area contributed by atoms with Crippen molar-refractivity contribution in [1.29, 1.82) is 0 Å². The maximum atomic E-state index is 12.5. The Balaban J connectivity index is 1.84. The van der Waals surface area contributed by atoms with Gasteiger partial charge in [0.15, 0.2) is 5.69 Å². The lowest BCUT2D eigenvalue weighted by molar-refractivity contribution is -0.141. The van der Waals surface area contributed by atoms with Crippen molar-refractivity contribution in [3.05, 3.63) is 36.0 Å². The summed E-state index contributed by atoms with van der Waals surface area (Å²) < 4.78 is 0. The van der Waals surface area contributed by atoms with Crippen LogP contribution in [0.15, 0.2) is 30.3 Å². The van der Waals surface area contributed by atoms with Gasteiger partial charge in [0.25, 0.3) is 5.91 Å². The minimum absolute atomic E-state index is 0.0399. The molecule has 3 rings (SSSR count). The zero-order valence-corrected chi connectivity index (χ0v) is 13.4. The molecule has 1 amide bonds. The zero-order valence-electron chi connectivity index (χ0n) is 13.4. The molecule has 1 aliphatic rings. The highest BCUT2D eigenvalue weighted by molar-refractivity contribution is 6.01. The molecule has 6 nitrogen and oxygen atoms in total. The van der Waals surface area contributed by atoms with E-state index >= 15 is 0 Å². The number of aliphatic carboxylic acids is 1. The molecule has 0 spiro atoms. The van der Waals surface area contributed by atoms with Crippen LogP contribution in [0.2, 0.25) is 0 Å². The van der Waals surface area contributed by atoms with E-state index in [-0.39, 0.29) is 17.3 Å². The van der Waals surface area contributed by atoms with E-state index in [1.165, 1.54) is 0 Å². The summed E-state index contributed by atoms with van der Waals surface area (Å²) in [7, 11) is 0. The van der Waals surface area contributed by atoms with E-state index in [9.17, 15) is 14.7 Å². The number of carboxylic acids is 1. The predicted molar refractivity (Wildman–Crippen MR) is 91.6 cm³/mol. The molecule has 0 radical (unpaired) electrons. The number of aromatic nitrogens is 1. The van der Waals surface area contributed by atoms with Crippen LogP contribution in [0.25, 0.3) is 10.9 Å². The molecule has 0 saturated heterocycles. The van der Waals surface area contributed by atoms with Crippen molar-refractivity contribution < 1.29 is 14.7 Å². The number of carbonyl (C=O) groups excluding carboxylic acids is 1. The number of nitrogens with two attached hydrogens (primary N) is 1. The normalized spacial score (nSPS) is 16.7. The van der Waals surface area contributed by atoms with Gasteiger partial charge in [-0.25, -0.2) is 9.78 Å². The Labute approximate surface area is 140 Å². The molecule has 1 atom stereocenters. The molecule has 24 heavy (non-hydrogen) atoms. The largest absolute Gasteiger partial charge is 0.480 e. The van der Waals surface area contributed by atoms with Crippen LogP contribution in [-0.2, 0) is 4.79 Å². The Morgan fingerprint density at radius 2 is 1.92 bits per heavy atom. The molecule has 1 fully saturated rings. The molecule has 1 heterocycles. The van der Waals surface area contributed by atoms with Crippen LogP contribution in [0, 0.1) is 5.92 Å². The van der Waals surface area contributed by atoms with Crippen molar-refractivity contribution in [3.63, 3.8) is 0 Å². The number of para-hydroxylation sites is 1. The number of rotatable bonds is 4. The van der Waals surface area contributed by atoms with E-state index < -0.39 is 17.9 Å². The van der Waals surface area contributed by atoms with Gasteiger partial charge in [0, 0.05) is 5.39 Å². The highest BCUT2D eigenvalue weighted by Gasteiger charge is 2.31. The summed E-state index contributed by atoms with van der Waals surface area (Å²) >= 11 is 0. The molecular weight excluding hydrogens is 306 g/mol. The highest BCUT2D eigenvalue weighted by Crippen LogP contribution is 2.27. The molecule has 0 aliphatic heterocycles. The van der Waals surface area contributed by atoms with E-state index in [0.717, 1.165) is 37.5 Å². The number of benzene rings is 1. The average molecular weight is 327 g/mol. The fraction of sp³-hybridized carbons (Fsp3) is 0.389. The average Bonchev–Trinajstić information content (AvgIpc) is 2.59. The second-order valence-corrected chi connectivity index (χ2v) is 6.31. The van der Waals surface area contributed by atoms with Gasteiger partial charge in [0.05, 0.1) is 11.2 Å². The minimum Gasteiger partial charge on any atom is -0.480 e. The third-order valence-electron chi connectivity index (χ3n) is 4.64. The van der Waals surface area contributed by atoms with Gasteiger partial charge in [-0.3, -0.25) is 4.79 Å². The molecule has 4 N–H and O–H groups in total. The monoisotopic (exact) mass is 327 g/mol. The summed E-state index contributed by atoms with van der Waals surface area (Å²) in [4.78, 5) is 28.4. The SMILES string of the molecule is Nc1cc2ccccc2nc1C(=O)N[C@H](C(=O)O)C1CCCCC1. The number of fused-ring (bicyclic) bond motifs is 1. The quantitative estimate of drug-likeness (QED) is 0.800. The van der Waals surface area contributed by atoms with Crippen LogP contribution in [0.4, 0.5) is 5.69 Å². The molecule has 126 valence electrons. The Kier molecular flexibility index (Phi) is 4.64. The first-order chi connectivity index (χ1) is 11.6. The van der Waals surface area contributed by atoms with Gasteiger partial charge in [-0.05, 0) is 30.9 Å². The van der Waals surface area contributed by atoms with Crippen LogP contribution >= 0.6 is 0 Å². The van der Waals surface area contributed by atoms with E-state index in [0.29, 0.717) is 5.52 Å². The first kappa shape index (κ1) is 16.2. The fourth-order valence-corrected chi connectivity index (χ4v) is 3.37. The number of nitrogens with zero attached hydrogens (tertiary/aromatic N) is 1. The van der Waals surface area contributed by atoms with Gasteiger partial charge in [0.2, 0.25) is 0 Å². The van der Waals surface area contributed by atoms with E-state index in [1.54, 1.807) is 12.1 Å². The summed E-state index contributed by atoms with van der Waals surface area (Å²) in [5.74, 6) is -1.58. The number of carboxylic acid groups (broad SMARTS) is 1. The van der Waals surface area contributed by atoms with Crippen LogP contribution < -0.4 is 11.1 Å². The van der Waals surface area contributed by atoms with Crippen molar-refractivity contribution in [2.75, 3.05) is 5.73 Å². The molecule has 1 aliphatic carbocycles. The van der Waals surface area contributed by atoms with E-state index in [1.807, 2.05) is 18.2 Å². The topological polar surface area (TPSA) is 105 Å². The first-order valence-electron chi connectivity index (χ1n) is 8.25. The second kappa shape index (κ2) is 6.86. The molecule has 1 saturated carbocycles. The molecule has 1 aromatic carbocycles. The number of nitrogens with one attached hydrogen (secondary N) is 1. The highest BCUT2D eigenvalue weighted by atomic mass is 16.4. The minimum atomic E-state index is -1.00. The molecule has 0 unspecified atom stereocenters. The van der Waals surface area contributed by atoms with Gasteiger partial charge in [-0.2, -0.15) is 0 Å². The summed E-state index contributed by atoms with van der Waals surface area (Å²) in [6.45, 7) is 0. The Hall–Kier alpha value is -2.63. The van der Waals surface area contributed by atoms with Gasteiger partial charge in [-0.1, -0.05) is 37.5 Å². The van der Waals surface area contributed by atoms with Gasteiger partial charge in [-0.15, -0.1) is 0 Å². The van der Waals surface area contributed by atoms with E-state index in [4.69, 9.17) is 5.73 Å². The molecule has 1 aromatic heterocycles. The zero-order chi connectivity index (χ0) is 17.1. The molecule has 6 heteroatoms. The van der Waals surface area contributed by atoms with Gasteiger partial charge >= 0.3 is 5.97 Å². The molecule has 2 aromatic rings. The molecular formula is C18H21N3O3. The fourth-order valence-electron chi connectivity index (χ4n) is 3.37. The smallest absolute Gasteiger partial charge is 0.326 e. The lowest BCUT2D eigenvalue weighted by Gasteiger charge is -2.28. The number of carbonyl (C=O) groups is 2. The number of hydrogen-bond acceptors (Lipinski definition) is 4. The Bertz CT molecular complexity index is 769. The van der Waals surface area contributed by atoms with Crippen molar-refractivity contribution in [2.24, 2.45) is 5.92 Å². The van der Waals surface area contributed by atoms with Crippen molar-refractivity contribution >= 4 is 28.5 Å². The number of pyridine rings is 1. The lowest BCUT2D eigenvalue weighted by Crippen LogP contribution is -2.46. The second-order valence-electron chi connectivity index (χ2n) is 6.31. The third kappa shape index (κ3) is 3.32. The van der Waals surface area contributed by atoms with Crippen molar-refractivity contribution in [1.82, 2.24) is 10.3 Å². The maximum absolute atomic E-state index is 12.5. The first-order valence-corrected chi connectivity index (χ1v) is 8.25. The molecule has 0 bridgehead atoms. The van der Waals surface area contributed by atoms with Crippen LogP contribution in [0.1, 0.15) is 42.6 Å². The number of anilines is 1. The third-order valence-corrected chi connectivity index (χ3v) is 4.64. The van der Waals surface area contributed by atoms with Crippen molar-refractivity contribution in [2.45, 2.75) is 38.1 Å². The lowest BCUT2D eigenvalue weighted by atomic mass is 9.84. The summed E-state index contributed by atoms with van der Waals surface area (Å²) in [6.07, 6.45) is 4.76. The van der Waals surface area contributed by atoms with Crippen LogP contribution in [0.5, 0.6) is 0 Å². The summed E-state index contributed by atoms with van der Waals surface area (Å²) in [6, 6.07) is 8.14. The Morgan fingerprint density at radius 1 is 1.21 bits per heavy atom. The Morgan fingerprint density at radius 3 is 2.62 bits per heavy atom. The van der Waals surface area contributed by atoms with Gasteiger partial charge < -0.3 is 16.2 Å². The summed E-state index contributed by atoms with van der Waals surface area (Å²) in [5.41, 5.74) is 6.93. The van der Waals surface area contributed by atoms with Gasteiger partial charge in [0.1, 0.15) is 6.04 Å². The number of hydrogen-bond donors (Lipinski definition) is 3. The summed E-state index contributed by atoms with van der Waals surface area (Å²) in [5, 5.41) is 13.0. The van der Waals surface area contributed by atoms with E-state index in [2.05, 4.69) is 10.3 Å². The predicted octanol–water partition coefficient (Wildman–Crippen LogP) is 2.58. The maximum Gasteiger partial charge on any atom is 0.326 e. The number of nitrogen functional groups attached to an aromatic ring is 1. The standard InChI is InChI=1S/C18H21N3O3/c19-13-10-12-8-4-5-9-14(12)20-16(13)17(22)21-15(18(23)24)11-6-2-1-3-7-11/h4-5,8-11,15H,1-3,6-7,19H2,(H,21,22)(H,23,24)/t15-/m0/s1. The van der Waals surface area contributed by atoms with Crippen LogP contribution in [0.3, 0.4) is 0 Å². The number of amides is 1.